The zero-order valence-electron chi connectivity index (χ0n) is 13.0. The van der Waals surface area contributed by atoms with Crippen LogP contribution in [0.3, 0.4) is 0 Å². The molecule has 1 aliphatic carbocycles. The average molecular weight is 413 g/mol. The number of benzene rings is 1. The number of nitrogens with one attached hydrogen (secondary N) is 1. The van der Waals surface area contributed by atoms with E-state index in [4.69, 9.17) is 4.42 Å². The van der Waals surface area contributed by atoms with Gasteiger partial charge in [-0.25, -0.2) is 13.1 Å². The molecule has 1 amide bonds. The van der Waals surface area contributed by atoms with Gasteiger partial charge >= 0.3 is 0 Å². The molecule has 3 rings (SSSR count). The van der Waals surface area contributed by atoms with Gasteiger partial charge in [0.2, 0.25) is 10.0 Å². The van der Waals surface area contributed by atoms with Gasteiger partial charge in [-0.3, -0.25) is 4.79 Å². The molecule has 0 unspecified atom stereocenters. The molecule has 0 radical (unpaired) electrons. The molecule has 0 saturated heterocycles. The first-order chi connectivity index (χ1) is 11.4. The van der Waals surface area contributed by atoms with Gasteiger partial charge in [0, 0.05) is 17.6 Å². The molecule has 1 heterocycles. The smallest absolute Gasteiger partial charge is 0.255 e. The van der Waals surface area contributed by atoms with Gasteiger partial charge in [0.1, 0.15) is 5.76 Å². The summed E-state index contributed by atoms with van der Waals surface area (Å²) in [4.78, 5) is 14.2. The Hall–Kier alpha value is -1.64. The normalized spacial score (nSPS) is 14.6. The van der Waals surface area contributed by atoms with Crippen molar-refractivity contribution in [2.24, 2.45) is 0 Å². The van der Waals surface area contributed by atoms with Gasteiger partial charge in [-0.1, -0.05) is 0 Å². The number of carbonyl (C=O) groups is 1. The lowest BCUT2D eigenvalue weighted by molar-refractivity contribution is 0.0774. The van der Waals surface area contributed by atoms with E-state index >= 15 is 0 Å². The number of nitrogens with zero attached hydrogens (tertiary/aromatic N) is 1. The molecular weight excluding hydrogens is 396 g/mol. The minimum Gasteiger partial charge on any atom is -0.467 e. The minimum atomic E-state index is -3.61. The van der Waals surface area contributed by atoms with Crippen molar-refractivity contribution < 1.29 is 17.6 Å². The molecular formula is C16H17BrN2O4S. The minimum absolute atomic E-state index is 0.0134. The number of furan rings is 1. The van der Waals surface area contributed by atoms with Crippen LogP contribution in [-0.4, -0.2) is 32.3 Å². The van der Waals surface area contributed by atoms with Crippen LogP contribution in [0.1, 0.15) is 29.0 Å². The zero-order chi connectivity index (χ0) is 17.3. The molecule has 1 aromatic heterocycles. The third-order valence-corrected chi connectivity index (χ3v) is 5.91. The Bertz CT molecular complexity index is 845. The number of sulfonamides is 1. The van der Waals surface area contributed by atoms with E-state index in [1.54, 1.807) is 31.5 Å². The number of halogens is 1. The van der Waals surface area contributed by atoms with E-state index in [-0.39, 0.29) is 16.8 Å². The maximum absolute atomic E-state index is 12.6. The standard InChI is InChI=1S/C16H17BrN2O4S/c1-19(10-12-3-2-8-23-12)16(20)14-9-13(6-7-15(14)17)24(21,22)18-11-4-5-11/h2-3,6-9,11,18H,4-5,10H2,1H3. The van der Waals surface area contributed by atoms with Crippen molar-refractivity contribution in [1.82, 2.24) is 9.62 Å². The first-order valence-electron chi connectivity index (χ1n) is 7.46. The van der Waals surface area contributed by atoms with Crippen molar-refractivity contribution in [1.29, 1.82) is 0 Å². The highest BCUT2D eigenvalue weighted by Crippen LogP contribution is 2.26. The quantitative estimate of drug-likeness (QED) is 0.790. The van der Waals surface area contributed by atoms with Gasteiger partial charge in [-0.05, 0) is 59.1 Å². The molecule has 1 fully saturated rings. The maximum atomic E-state index is 12.6. The SMILES string of the molecule is CN(Cc1ccco1)C(=O)c1cc(S(=O)(=O)NC2CC2)ccc1Br. The molecule has 8 heteroatoms. The van der Waals surface area contributed by atoms with Gasteiger partial charge in [0.15, 0.2) is 0 Å². The number of hydrogen-bond donors (Lipinski definition) is 1. The Morgan fingerprint density at radius 1 is 1.38 bits per heavy atom. The summed E-state index contributed by atoms with van der Waals surface area (Å²) in [7, 11) is -1.97. The first-order valence-corrected chi connectivity index (χ1v) is 9.74. The third-order valence-electron chi connectivity index (χ3n) is 3.70. The summed E-state index contributed by atoms with van der Waals surface area (Å²) in [6, 6.07) is 8.00. The molecule has 1 aliphatic rings. The zero-order valence-corrected chi connectivity index (χ0v) is 15.4. The maximum Gasteiger partial charge on any atom is 0.255 e. The highest BCUT2D eigenvalue weighted by molar-refractivity contribution is 9.10. The highest BCUT2D eigenvalue weighted by Gasteiger charge is 2.29. The van der Waals surface area contributed by atoms with Gasteiger partial charge in [-0.15, -0.1) is 0 Å². The van der Waals surface area contributed by atoms with Crippen LogP contribution in [0.2, 0.25) is 0 Å². The second kappa shape index (κ2) is 6.70. The number of carbonyl (C=O) groups excluding carboxylic acids is 1. The number of amides is 1. The highest BCUT2D eigenvalue weighted by atomic mass is 79.9. The average Bonchev–Trinajstić information content (AvgIpc) is 3.18. The van der Waals surface area contributed by atoms with Crippen LogP contribution < -0.4 is 4.72 Å². The molecule has 1 aromatic carbocycles. The first kappa shape index (κ1) is 17.2. The fourth-order valence-electron chi connectivity index (χ4n) is 2.24. The number of hydrogen-bond acceptors (Lipinski definition) is 4. The summed E-state index contributed by atoms with van der Waals surface area (Å²) in [5, 5.41) is 0. The largest absolute Gasteiger partial charge is 0.467 e. The summed E-state index contributed by atoms with van der Waals surface area (Å²) in [6.45, 7) is 0.301. The van der Waals surface area contributed by atoms with E-state index in [0.717, 1.165) is 12.8 Å². The van der Waals surface area contributed by atoms with E-state index in [1.165, 1.54) is 17.0 Å². The van der Waals surface area contributed by atoms with Crippen LogP contribution >= 0.6 is 15.9 Å². The van der Waals surface area contributed by atoms with E-state index in [2.05, 4.69) is 20.7 Å². The van der Waals surface area contributed by atoms with Crippen LogP contribution in [0.15, 0.2) is 50.4 Å². The van der Waals surface area contributed by atoms with Crippen molar-refractivity contribution in [2.45, 2.75) is 30.3 Å². The van der Waals surface area contributed by atoms with Crippen LogP contribution in [0.4, 0.5) is 0 Å². The summed E-state index contributed by atoms with van der Waals surface area (Å²) >= 11 is 3.32. The monoisotopic (exact) mass is 412 g/mol. The molecule has 0 aliphatic heterocycles. The Morgan fingerprint density at radius 2 is 2.12 bits per heavy atom. The molecule has 1 saturated carbocycles. The second-order valence-corrected chi connectivity index (χ2v) is 8.35. The molecule has 24 heavy (non-hydrogen) atoms. The lowest BCUT2D eigenvalue weighted by atomic mass is 10.2. The number of rotatable bonds is 6. The molecule has 0 spiro atoms. The topological polar surface area (TPSA) is 79.6 Å². The second-order valence-electron chi connectivity index (χ2n) is 5.78. The van der Waals surface area contributed by atoms with Crippen molar-refractivity contribution >= 4 is 31.9 Å². The molecule has 2 aromatic rings. The Labute approximate surface area is 149 Å². The predicted octanol–water partition coefficient (Wildman–Crippen LogP) is 2.76. The van der Waals surface area contributed by atoms with E-state index in [9.17, 15) is 13.2 Å². The summed E-state index contributed by atoms with van der Waals surface area (Å²) in [5.41, 5.74) is 0.294. The van der Waals surface area contributed by atoms with Crippen molar-refractivity contribution in [2.75, 3.05) is 7.05 Å². The molecule has 0 atom stereocenters. The third kappa shape index (κ3) is 3.88. The van der Waals surface area contributed by atoms with Crippen LogP contribution in [0.5, 0.6) is 0 Å². The van der Waals surface area contributed by atoms with Gasteiger partial charge < -0.3 is 9.32 Å². The summed E-state index contributed by atoms with van der Waals surface area (Å²) in [6.07, 6.45) is 3.25. The Balaban J connectivity index is 1.83. The van der Waals surface area contributed by atoms with Gasteiger partial charge in [0.05, 0.1) is 23.3 Å². The van der Waals surface area contributed by atoms with E-state index < -0.39 is 10.0 Å². The lowest BCUT2D eigenvalue weighted by Crippen LogP contribution is -2.28. The Morgan fingerprint density at radius 3 is 2.75 bits per heavy atom. The van der Waals surface area contributed by atoms with E-state index in [0.29, 0.717) is 22.3 Å². The predicted molar refractivity (Wildman–Crippen MR) is 92.0 cm³/mol. The molecule has 1 N–H and O–H groups in total. The van der Waals surface area contributed by atoms with Crippen LogP contribution in [-0.2, 0) is 16.6 Å². The van der Waals surface area contributed by atoms with Crippen LogP contribution in [0, 0.1) is 0 Å². The Kier molecular flexibility index (Phi) is 4.80. The fourth-order valence-corrected chi connectivity index (χ4v) is 3.98. The van der Waals surface area contributed by atoms with Crippen molar-refractivity contribution in [3.8, 4) is 0 Å². The van der Waals surface area contributed by atoms with Gasteiger partial charge in [0.25, 0.3) is 5.91 Å². The summed E-state index contributed by atoms with van der Waals surface area (Å²) < 4.78 is 33.1. The van der Waals surface area contributed by atoms with E-state index in [1.807, 2.05) is 0 Å². The van der Waals surface area contributed by atoms with Gasteiger partial charge in [-0.2, -0.15) is 0 Å². The summed E-state index contributed by atoms with van der Waals surface area (Å²) in [5.74, 6) is 0.364. The fraction of sp³-hybridized carbons (Fsp3) is 0.312. The van der Waals surface area contributed by atoms with Crippen molar-refractivity contribution in [3.63, 3.8) is 0 Å². The molecule has 0 bridgehead atoms. The molecule has 128 valence electrons. The lowest BCUT2D eigenvalue weighted by Gasteiger charge is -2.17. The molecule has 6 nitrogen and oxygen atoms in total. The van der Waals surface area contributed by atoms with Crippen LogP contribution in [0.25, 0.3) is 0 Å². The van der Waals surface area contributed by atoms with Crippen molar-refractivity contribution in [3.05, 3.63) is 52.4 Å².